The number of amides is 1. The van der Waals surface area contributed by atoms with Crippen molar-refractivity contribution in [3.8, 4) is 0 Å². The van der Waals surface area contributed by atoms with E-state index < -0.39 is 39.6 Å². The lowest BCUT2D eigenvalue weighted by Gasteiger charge is -2.37. The Balaban J connectivity index is 1.52. The Morgan fingerprint density at radius 2 is 2.07 bits per heavy atom. The van der Waals surface area contributed by atoms with E-state index in [-0.39, 0.29) is 35.6 Å². The molecule has 0 saturated carbocycles. The number of primary amides is 1. The molecule has 2 saturated heterocycles. The molecular weight excluding hydrogens is 429 g/mol. The number of halogens is 3. The summed E-state index contributed by atoms with van der Waals surface area (Å²) in [7, 11) is -4.04. The maximum absolute atomic E-state index is 13.2. The van der Waals surface area contributed by atoms with Crippen LogP contribution in [0.5, 0.6) is 0 Å². The number of fused-ring (bicyclic) bond motifs is 1. The quantitative estimate of drug-likeness (QED) is 0.739. The summed E-state index contributed by atoms with van der Waals surface area (Å²) < 4.78 is 77.4. The molecule has 4 rings (SSSR count). The maximum Gasteiger partial charge on any atom is 0.418 e. The lowest BCUT2D eigenvalue weighted by molar-refractivity contribution is -0.136. The van der Waals surface area contributed by atoms with Gasteiger partial charge in [-0.2, -0.15) is 17.5 Å². The first-order valence-electron chi connectivity index (χ1n) is 9.15. The van der Waals surface area contributed by atoms with E-state index in [0.29, 0.717) is 19.3 Å². The first-order valence-corrected chi connectivity index (χ1v) is 10.6. The molecular formula is C17H19F3N4O5S. The highest BCUT2D eigenvalue weighted by atomic mass is 32.2. The van der Waals surface area contributed by atoms with Gasteiger partial charge in [0.15, 0.2) is 0 Å². The standard InChI is InChI=1S/C17H19F3N4O5S/c18-17(19,20)13-8-23-14-12(13)5-11(7-22-14)30(26,27)24-3-1-16(2-4-24)6-10(9-28-16)29-15(21)25/h5,7-8,10H,1-4,6,9H2,(H2,21,25)(H,22,23)/t10-/m1/s1. The van der Waals surface area contributed by atoms with Crippen LogP contribution in [0.15, 0.2) is 23.4 Å². The van der Waals surface area contributed by atoms with Gasteiger partial charge in [-0.25, -0.2) is 18.2 Å². The molecule has 2 aliphatic rings. The van der Waals surface area contributed by atoms with Crippen LogP contribution >= 0.6 is 0 Å². The number of rotatable bonds is 3. The summed E-state index contributed by atoms with van der Waals surface area (Å²) >= 11 is 0. The van der Waals surface area contributed by atoms with Crippen molar-refractivity contribution in [2.24, 2.45) is 5.73 Å². The normalized spacial score (nSPS) is 22.6. The minimum atomic E-state index is -4.64. The Kier molecular flexibility index (Phi) is 4.94. The van der Waals surface area contributed by atoms with Crippen LogP contribution in [-0.4, -0.2) is 60.2 Å². The monoisotopic (exact) mass is 448 g/mol. The minimum absolute atomic E-state index is 0.0429. The summed E-state index contributed by atoms with van der Waals surface area (Å²) in [6.45, 7) is 0.413. The Bertz CT molecular complexity index is 1080. The molecule has 3 N–H and O–H groups in total. The van der Waals surface area contributed by atoms with Gasteiger partial charge in [-0.15, -0.1) is 0 Å². The number of hydrogen-bond donors (Lipinski definition) is 2. The third kappa shape index (κ3) is 3.72. The third-order valence-electron chi connectivity index (χ3n) is 5.54. The van der Waals surface area contributed by atoms with Crippen molar-refractivity contribution in [3.05, 3.63) is 24.0 Å². The summed E-state index contributed by atoms with van der Waals surface area (Å²) in [4.78, 5) is 16.8. The van der Waals surface area contributed by atoms with E-state index in [0.717, 1.165) is 18.5 Å². The van der Waals surface area contributed by atoms with Gasteiger partial charge in [0.2, 0.25) is 10.0 Å². The van der Waals surface area contributed by atoms with Gasteiger partial charge in [0.25, 0.3) is 0 Å². The number of sulfonamides is 1. The first-order chi connectivity index (χ1) is 14.0. The Labute approximate surface area is 169 Å². The third-order valence-corrected chi connectivity index (χ3v) is 7.40. The van der Waals surface area contributed by atoms with Crippen LogP contribution in [-0.2, 0) is 25.7 Å². The highest BCUT2D eigenvalue weighted by molar-refractivity contribution is 7.89. The maximum atomic E-state index is 13.2. The fourth-order valence-corrected chi connectivity index (χ4v) is 5.45. The highest BCUT2D eigenvalue weighted by Gasteiger charge is 2.46. The zero-order chi connectivity index (χ0) is 21.7. The van der Waals surface area contributed by atoms with Crippen molar-refractivity contribution in [1.82, 2.24) is 14.3 Å². The van der Waals surface area contributed by atoms with E-state index >= 15 is 0 Å². The van der Waals surface area contributed by atoms with Gasteiger partial charge < -0.3 is 20.2 Å². The van der Waals surface area contributed by atoms with Gasteiger partial charge in [-0.3, -0.25) is 0 Å². The molecule has 2 aromatic rings. The topological polar surface area (TPSA) is 128 Å². The average Bonchev–Trinajstić information content (AvgIpc) is 3.25. The zero-order valence-corrected chi connectivity index (χ0v) is 16.4. The van der Waals surface area contributed by atoms with Crippen molar-refractivity contribution in [1.29, 1.82) is 0 Å². The summed E-state index contributed by atoms with van der Waals surface area (Å²) in [5.41, 5.74) is 3.39. The molecule has 0 unspecified atom stereocenters. The minimum Gasteiger partial charge on any atom is -0.444 e. The molecule has 4 heterocycles. The zero-order valence-electron chi connectivity index (χ0n) is 15.6. The van der Waals surface area contributed by atoms with Crippen LogP contribution in [0, 0.1) is 0 Å². The summed E-state index contributed by atoms with van der Waals surface area (Å²) in [5.74, 6) is 0. The molecule has 1 amide bonds. The number of hydrogen-bond acceptors (Lipinski definition) is 6. The number of piperidine rings is 1. The smallest absolute Gasteiger partial charge is 0.418 e. The molecule has 2 aliphatic heterocycles. The Hall–Kier alpha value is -2.38. The van der Waals surface area contributed by atoms with Crippen LogP contribution in [0.4, 0.5) is 18.0 Å². The molecule has 1 atom stereocenters. The van der Waals surface area contributed by atoms with Gasteiger partial charge in [0.1, 0.15) is 16.6 Å². The molecule has 0 bridgehead atoms. The fraction of sp³-hybridized carbons (Fsp3) is 0.529. The fourth-order valence-electron chi connectivity index (χ4n) is 4.03. The predicted molar refractivity (Wildman–Crippen MR) is 96.8 cm³/mol. The molecule has 0 aliphatic carbocycles. The molecule has 2 aromatic heterocycles. The number of alkyl halides is 3. The summed E-state index contributed by atoms with van der Waals surface area (Å²) in [6.07, 6.45) is -3.07. The van der Waals surface area contributed by atoms with Crippen LogP contribution in [0.1, 0.15) is 24.8 Å². The van der Waals surface area contributed by atoms with E-state index in [1.165, 1.54) is 4.31 Å². The summed E-state index contributed by atoms with van der Waals surface area (Å²) in [5, 5.41) is -0.303. The van der Waals surface area contributed by atoms with Crippen molar-refractivity contribution in [2.75, 3.05) is 19.7 Å². The molecule has 0 aromatic carbocycles. The van der Waals surface area contributed by atoms with Gasteiger partial charge >= 0.3 is 12.3 Å². The molecule has 1 spiro atoms. The number of carbonyl (C=O) groups is 1. The predicted octanol–water partition coefficient (Wildman–Crippen LogP) is 1.99. The number of nitrogens with zero attached hydrogens (tertiary/aromatic N) is 2. The summed E-state index contributed by atoms with van der Waals surface area (Å²) in [6, 6.07) is 0.990. The number of nitrogens with two attached hydrogens (primary N) is 1. The second kappa shape index (κ2) is 7.10. The van der Waals surface area contributed by atoms with Crippen LogP contribution in [0.25, 0.3) is 11.0 Å². The second-order valence-corrected chi connectivity index (χ2v) is 9.37. The van der Waals surface area contributed by atoms with Crippen molar-refractivity contribution < 1.29 is 35.9 Å². The Morgan fingerprint density at radius 3 is 2.70 bits per heavy atom. The lowest BCUT2D eigenvalue weighted by Crippen LogP contribution is -2.46. The van der Waals surface area contributed by atoms with E-state index in [2.05, 4.69) is 9.97 Å². The first kappa shape index (κ1) is 20.9. The SMILES string of the molecule is NC(=O)O[C@H]1COC2(CCN(S(=O)(=O)c3cnc4[nH]cc(C(F)(F)F)c4c3)CC2)C1. The number of pyridine rings is 1. The molecule has 164 valence electrons. The highest BCUT2D eigenvalue weighted by Crippen LogP contribution is 2.39. The van der Waals surface area contributed by atoms with Gasteiger partial charge in [-0.1, -0.05) is 0 Å². The van der Waals surface area contributed by atoms with E-state index in [4.69, 9.17) is 15.2 Å². The van der Waals surface area contributed by atoms with E-state index in [9.17, 15) is 26.4 Å². The van der Waals surface area contributed by atoms with Crippen molar-refractivity contribution >= 4 is 27.1 Å². The van der Waals surface area contributed by atoms with E-state index in [1.807, 2.05) is 0 Å². The van der Waals surface area contributed by atoms with Crippen LogP contribution in [0.2, 0.25) is 0 Å². The number of carbonyl (C=O) groups excluding carboxylic acids is 1. The van der Waals surface area contributed by atoms with Crippen LogP contribution in [0.3, 0.4) is 0 Å². The molecule has 13 heteroatoms. The molecule has 2 fully saturated rings. The van der Waals surface area contributed by atoms with Crippen LogP contribution < -0.4 is 5.73 Å². The van der Waals surface area contributed by atoms with Gasteiger partial charge in [-0.05, 0) is 18.9 Å². The number of H-pyrrole nitrogens is 1. The molecule has 30 heavy (non-hydrogen) atoms. The Morgan fingerprint density at radius 1 is 1.37 bits per heavy atom. The average molecular weight is 448 g/mol. The van der Waals surface area contributed by atoms with E-state index in [1.54, 1.807) is 0 Å². The van der Waals surface area contributed by atoms with Crippen molar-refractivity contribution in [2.45, 2.75) is 42.0 Å². The lowest BCUT2D eigenvalue weighted by atomic mass is 9.89. The van der Waals surface area contributed by atoms with Gasteiger partial charge in [0, 0.05) is 37.3 Å². The number of nitrogens with one attached hydrogen (secondary N) is 1. The van der Waals surface area contributed by atoms with Crippen molar-refractivity contribution in [3.63, 3.8) is 0 Å². The number of aromatic nitrogens is 2. The number of ether oxygens (including phenoxy) is 2. The largest absolute Gasteiger partial charge is 0.444 e. The van der Waals surface area contributed by atoms with Gasteiger partial charge in [0.05, 0.1) is 17.8 Å². The molecule has 9 nitrogen and oxygen atoms in total. The second-order valence-electron chi connectivity index (χ2n) is 7.43. The number of aromatic amines is 1. The molecule has 0 radical (unpaired) electrons.